The fourth-order valence-corrected chi connectivity index (χ4v) is 4.27. The maximum absolute atomic E-state index is 11.3. The van der Waals surface area contributed by atoms with Crippen molar-refractivity contribution in [3.63, 3.8) is 0 Å². The number of para-hydroxylation sites is 2. The third kappa shape index (κ3) is 4.43. The number of fused-ring (bicyclic) bond motifs is 3. The number of allylic oxidation sites excluding steroid dienone is 1. The van der Waals surface area contributed by atoms with Gasteiger partial charge in [0.25, 0.3) is 0 Å². The minimum atomic E-state index is -0.916. The van der Waals surface area contributed by atoms with Gasteiger partial charge < -0.3 is 14.4 Å². The number of aliphatic hydroxyl groups is 1. The summed E-state index contributed by atoms with van der Waals surface area (Å²) in [6.07, 6.45) is 5.37. The van der Waals surface area contributed by atoms with E-state index in [0.717, 1.165) is 16.8 Å². The molecule has 0 aliphatic rings. The second kappa shape index (κ2) is 8.86. The molecule has 3 rings (SSSR count). The van der Waals surface area contributed by atoms with Gasteiger partial charge in [-0.25, -0.2) is 4.31 Å². The van der Waals surface area contributed by atoms with Crippen molar-refractivity contribution in [1.82, 2.24) is 8.87 Å². The minimum Gasteiger partial charge on any atom is -0.469 e. The van der Waals surface area contributed by atoms with Crippen molar-refractivity contribution in [2.75, 3.05) is 19.3 Å². The maximum Gasteiger partial charge on any atom is 0.114 e. The van der Waals surface area contributed by atoms with Gasteiger partial charge in [0.15, 0.2) is 0 Å². The van der Waals surface area contributed by atoms with Crippen LogP contribution in [0.1, 0.15) is 13.8 Å². The summed E-state index contributed by atoms with van der Waals surface area (Å²) in [5, 5.41) is 13.7. The summed E-state index contributed by atoms with van der Waals surface area (Å²) in [5.41, 5.74) is 1.37. The van der Waals surface area contributed by atoms with Crippen LogP contribution in [0.15, 0.2) is 73.2 Å². The molecular formula is C23H28N2O2S. The Balaban J connectivity index is 1.88. The summed E-state index contributed by atoms with van der Waals surface area (Å²) in [6, 6.07) is 16.7. The van der Waals surface area contributed by atoms with Crippen molar-refractivity contribution < 1.29 is 9.84 Å². The van der Waals surface area contributed by atoms with E-state index in [2.05, 4.69) is 51.8 Å². The number of hydrogen-bond acceptors (Lipinski definition) is 4. The Hall–Kier alpha value is -2.21. The lowest BCUT2D eigenvalue weighted by Crippen LogP contribution is -2.42. The number of nitrogens with zero attached hydrogens (tertiary/aromatic N) is 2. The van der Waals surface area contributed by atoms with Crippen LogP contribution in [0.25, 0.3) is 21.8 Å². The van der Waals surface area contributed by atoms with Gasteiger partial charge in [-0.1, -0.05) is 54.9 Å². The first-order valence-electron chi connectivity index (χ1n) is 9.39. The van der Waals surface area contributed by atoms with Crippen LogP contribution >= 0.6 is 11.9 Å². The molecule has 2 aromatic carbocycles. The lowest BCUT2D eigenvalue weighted by Gasteiger charge is -2.31. The highest BCUT2D eigenvalue weighted by molar-refractivity contribution is 7.96. The fraction of sp³-hybridized carbons (Fsp3) is 0.304. The van der Waals surface area contributed by atoms with Crippen LogP contribution in [0.5, 0.6) is 0 Å². The summed E-state index contributed by atoms with van der Waals surface area (Å²) in [4.78, 5) is 0. The zero-order chi connectivity index (χ0) is 20.1. The predicted molar refractivity (Wildman–Crippen MR) is 120 cm³/mol. The van der Waals surface area contributed by atoms with Crippen LogP contribution in [0.3, 0.4) is 0 Å². The van der Waals surface area contributed by atoms with Gasteiger partial charge in [-0.2, -0.15) is 0 Å². The van der Waals surface area contributed by atoms with Gasteiger partial charge in [0, 0.05) is 28.4 Å². The van der Waals surface area contributed by atoms with E-state index in [1.807, 2.05) is 38.3 Å². The first kappa shape index (κ1) is 20.5. The molecule has 0 amide bonds. The topological polar surface area (TPSA) is 37.6 Å². The normalized spacial score (nSPS) is 14.5. The monoisotopic (exact) mass is 396 g/mol. The summed E-state index contributed by atoms with van der Waals surface area (Å²) < 4.78 is 9.77. The molecule has 148 valence electrons. The van der Waals surface area contributed by atoms with E-state index < -0.39 is 5.60 Å². The molecule has 3 aromatic rings. The maximum atomic E-state index is 11.3. The molecule has 0 fully saturated rings. The Bertz CT molecular complexity index is 937. The lowest BCUT2D eigenvalue weighted by molar-refractivity contribution is 0.0282. The highest BCUT2D eigenvalue weighted by Gasteiger charge is 2.27. The van der Waals surface area contributed by atoms with Crippen molar-refractivity contribution in [2.24, 2.45) is 0 Å². The molecule has 28 heavy (non-hydrogen) atoms. The van der Waals surface area contributed by atoms with Crippen LogP contribution in [0.4, 0.5) is 0 Å². The molecule has 0 aliphatic carbocycles. The van der Waals surface area contributed by atoms with E-state index in [1.165, 1.54) is 17.0 Å². The average molecular weight is 397 g/mol. The van der Waals surface area contributed by atoms with Crippen molar-refractivity contribution in [1.29, 1.82) is 0 Å². The third-order valence-corrected chi connectivity index (χ3v) is 5.62. The number of hydrogen-bond donors (Lipinski definition) is 1. The van der Waals surface area contributed by atoms with Gasteiger partial charge in [0.1, 0.15) is 5.76 Å². The zero-order valence-corrected chi connectivity index (χ0v) is 17.6. The van der Waals surface area contributed by atoms with Crippen molar-refractivity contribution in [2.45, 2.75) is 26.0 Å². The van der Waals surface area contributed by atoms with Gasteiger partial charge in [-0.05, 0) is 38.3 Å². The molecule has 1 heterocycles. The Morgan fingerprint density at radius 3 is 2.25 bits per heavy atom. The molecular weight excluding hydrogens is 368 g/mol. The van der Waals surface area contributed by atoms with Crippen LogP contribution in [0.2, 0.25) is 0 Å². The van der Waals surface area contributed by atoms with E-state index in [1.54, 1.807) is 11.9 Å². The number of rotatable bonds is 9. The fourth-order valence-electron chi connectivity index (χ4n) is 3.61. The number of aromatic nitrogens is 1. The first-order chi connectivity index (χ1) is 13.5. The Labute approximate surface area is 171 Å². The van der Waals surface area contributed by atoms with Crippen molar-refractivity contribution >= 4 is 33.8 Å². The smallest absolute Gasteiger partial charge is 0.114 e. The van der Waals surface area contributed by atoms with E-state index in [-0.39, 0.29) is 0 Å². The van der Waals surface area contributed by atoms with Gasteiger partial charge in [-0.3, -0.25) is 0 Å². The van der Waals surface area contributed by atoms with Gasteiger partial charge in [-0.15, -0.1) is 0 Å². The zero-order valence-electron chi connectivity index (χ0n) is 16.8. The molecule has 1 N–H and O–H groups in total. The van der Waals surface area contributed by atoms with Crippen LogP contribution in [0, 0.1) is 0 Å². The first-order valence-corrected chi connectivity index (χ1v) is 10.6. The van der Waals surface area contributed by atoms with E-state index in [4.69, 9.17) is 4.74 Å². The molecule has 0 saturated heterocycles. The Morgan fingerprint density at radius 2 is 1.75 bits per heavy atom. The highest BCUT2D eigenvalue weighted by Crippen LogP contribution is 2.30. The molecule has 5 heteroatoms. The summed E-state index contributed by atoms with van der Waals surface area (Å²) in [6.45, 7) is 9.07. The predicted octanol–water partition coefficient (Wildman–Crippen LogP) is 5.19. The van der Waals surface area contributed by atoms with Crippen molar-refractivity contribution in [3.05, 3.63) is 73.2 Å². The van der Waals surface area contributed by atoms with Crippen LogP contribution < -0.4 is 0 Å². The van der Waals surface area contributed by atoms with Gasteiger partial charge in [0.2, 0.25) is 0 Å². The largest absolute Gasteiger partial charge is 0.469 e. The SMILES string of the molecule is C=CO/C(=C\C)CN(CC(C)(O)Cn1c2ccccc2c2ccccc21)SC. The van der Waals surface area contributed by atoms with E-state index in [0.29, 0.717) is 19.6 Å². The van der Waals surface area contributed by atoms with Gasteiger partial charge in [0.05, 0.1) is 25.0 Å². The summed E-state index contributed by atoms with van der Waals surface area (Å²) >= 11 is 1.60. The summed E-state index contributed by atoms with van der Waals surface area (Å²) in [7, 11) is 0. The molecule has 1 aromatic heterocycles. The number of benzene rings is 2. The van der Waals surface area contributed by atoms with E-state index >= 15 is 0 Å². The average Bonchev–Trinajstić information content (AvgIpc) is 3.00. The minimum absolute atomic E-state index is 0.506. The lowest BCUT2D eigenvalue weighted by atomic mass is 10.1. The molecule has 1 unspecified atom stereocenters. The molecule has 0 spiro atoms. The van der Waals surface area contributed by atoms with Crippen molar-refractivity contribution in [3.8, 4) is 0 Å². The van der Waals surface area contributed by atoms with Crippen LogP contribution in [-0.2, 0) is 11.3 Å². The van der Waals surface area contributed by atoms with Gasteiger partial charge >= 0.3 is 0 Å². The molecule has 4 nitrogen and oxygen atoms in total. The Morgan fingerprint density at radius 1 is 1.18 bits per heavy atom. The highest BCUT2D eigenvalue weighted by atomic mass is 32.2. The number of ether oxygens (including phenoxy) is 1. The second-order valence-corrected chi connectivity index (χ2v) is 8.02. The molecule has 0 aliphatic heterocycles. The second-order valence-electron chi connectivity index (χ2n) is 7.14. The summed E-state index contributed by atoms with van der Waals surface area (Å²) in [5.74, 6) is 0.817. The molecule has 0 radical (unpaired) electrons. The third-order valence-electron chi connectivity index (χ3n) is 4.84. The molecule has 1 atom stereocenters. The molecule has 0 saturated carbocycles. The molecule has 0 bridgehead atoms. The van der Waals surface area contributed by atoms with E-state index in [9.17, 15) is 5.11 Å². The quantitative estimate of drug-likeness (QED) is 0.399. The Kier molecular flexibility index (Phi) is 6.50. The van der Waals surface area contributed by atoms with Crippen LogP contribution in [-0.4, -0.2) is 38.9 Å². The standard InChI is InChI=1S/C23H28N2O2S/c1-5-18(27-6-2)15-24(28-4)16-23(3,26)17-25-21-13-9-7-11-19(21)20-12-8-10-14-22(20)25/h5-14,26H,2,15-17H2,1,3-4H3/b18-5-.